The molecule has 3 aromatic rings. The third-order valence-corrected chi connectivity index (χ3v) is 5.45. The van der Waals surface area contributed by atoms with Crippen LogP contribution in [-0.2, 0) is 6.61 Å². The Morgan fingerprint density at radius 2 is 1.74 bits per heavy atom. The molecular weight excluding hydrogens is 459 g/mol. The van der Waals surface area contributed by atoms with Crippen molar-refractivity contribution in [2.24, 2.45) is 5.73 Å². The molecular formula is C23H25F5N4O2. The minimum atomic E-state index is -4.32. The van der Waals surface area contributed by atoms with Crippen LogP contribution in [0.1, 0.15) is 60.0 Å². The number of benzene rings is 1. The first-order valence-corrected chi connectivity index (χ1v) is 10.6. The maximum Gasteiger partial charge on any atom is 0.389 e. The summed E-state index contributed by atoms with van der Waals surface area (Å²) in [6.45, 7) is 4.29. The molecule has 0 spiro atoms. The lowest BCUT2D eigenvalue weighted by molar-refractivity contribution is -0.138. The normalized spacial score (nSPS) is 13.8. The van der Waals surface area contributed by atoms with E-state index in [9.17, 15) is 26.7 Å². The molecule has 0 aliphatic heterocycles. The number of aryl methyl sites for hydroxylation is 2. The highest BCUT2D eigenvalue weighted by Crippen LogP contribution is 2.28. The van der Waals surface area contributed by atoms with E-state index in [1.807, 2.05) is 0 Å². The Morgan fingerprint density at radius 3 is 2.35 bits per heavy atom. The lowest BCUT2D eigenvalue weighted by Gasteiger charge is -2.24. The van der Waals surface area contributed by atoms with Crippen molar-refractivity contribution < 1.29 is 31.5 Å². The Hall–Kier alpha value is -3.08. The number of alkyl halides is 3. The van der Waals surface area contributed by atoms with Crippen molar-refractivity contribution in [2.45, 2.75) is 64.8 Å². The molecule has 1 aromatic carbocycles. The molecule has 2 heterocycles. The van der Waals surface area contributed by atoms with E-state index in [4.69, 9.17) is 10.5 Å². The molecule has 3 rings (SSSR count). The summed E-state index contributed by atoms with van der Waals surface area (Å²) in [4.78, 5) is 21.5. The van der Waals surface area contributed by atoms with E-state index >= 15 is 0 Å². The number of nitrogens with zero attached hydrogens (tertiary/aromatic N) is 3. The second-order valence-corrected chi connectivity index (χ2v) is 8.61. The molecule has 0 aliphatic rings. The zero-order valence-electron chi connectivity index (χ0n) is 19.0. The SMILES string of the molecule is Cc1cn2c(C(=O)CCC(C)(N)CCC(F)(F)F)c(C)nc2c(OCc2c(F)cccc2F)n1. The van der Waals surface area contributed by atoms with Gasteiger partial charge in [0.2, 0.25) is 5.65 Å². The number of ketones is 1. The van der Waals surface area contributed by atoms with Crippen molar-refractivity contribution in [3.05, 3.63) is 58.7 Å². The largest absolute Gasteiger partial charge is 0.470 e. The number of rotatable bonds is 9. The van der Waals surface area contributed by atoms with Crippen molar-refractivity contribution in [3.8, 4) is 5.88 Å². The van der Waals surface area contributed by atoms with Gasteiger partial charge in [-0.3, -0.25) is 9.20 Å². The van der Waals surface area contributed by atoms with E-state index in [0.717, 1.165) is 12.1 Å². The Kier molecular flexibility index (Phi) is 7.25. The van der Waals surface area contributed by atoms with Crippen LogP contribution < -0.4 is 10.5 Å². The summed E-state index contributed by atoms with van der Waals surface area (Å²) in [6.07, 6.45) is -4.13. The maximum absolute atomic E-state index is 13.9. The lowest BCUT2D eigenvalue weighted by atomic mass is 9.90. The van der Waals surface area contributed by atoms with Gasteiger partial charge in [-0.25, -0.2) is 18.7 Å². The fourth-order valence-corrected chi connectivity index (χ4v) is 3.56. The number of Topliss-reactive ketones (excluding diaryl/α,β-unsaturated/α-hetero) is 1. The van der Waals surface area contributed by atoms with Crippen molar-refractivity contribution in [1.29, 1.82) is 0 Å². The summed E-state index contributed by atoms with van der Waals surface area (Å²) in [7, 11) is 0. The van der Waals surface area contributed by atoms with Crippen LogP contribution in [-0.4, -0.2) is 31.9 Å². The highest BCUT2D eigenvalue weighted by Gasteiger charge is 2.32. The zero-order valence-corrected chi connectivity index (χ0v) is 19.0. The monoisotopic (exact) mass is 484 g/mol. The van der Waals surface area contributed by atoms with E-state index < -0.39 is 36.4 Å². The molecule has 0 bridgehead atoms. The predicted octanol–water partition coefficient (Wildman–Crippen LogP) is 5.23. The van der Waals surface area contributed by atoms with Crippen LogP contribution in [0.2, 0.25) is 0 Å². The summed E-state index contributed by atoms with van der Waals surface area (Å²) < 4.78 is 72.5. The van der Waals surface area contributed by atoms with Gasteiger partial charge in [-0.05, 0) is 45.7 Å². The number of nitrogens with two attached hydrogens (primary N) is 1. The van der Waals surface area contributed by atoms with Crippen molar-refractivity contribution in [3.63, 3.8) is 0 Å². The van der Waals surface area contributed by atoms with Gasteiger partial charge in [-0.15, -0.1) is 0 Å². The standard InChI is InChI=1S/C23H25F5N4O2/c1-13-11-32-19(18(33)7-8-22(3,29)9-10-23(26,27)28)14(2)31-20(32)21(30-13)34-12-15-16(24)5-4-6-17(15)25/h4-6,11H,7-10,12,29H2,1-3H3. The van der Waals surface area contributed by atoms with Gasteiger partial charge in [0.25, 0.3) is 5.88 Å². The molecule has 0 saturated heterocycles. The molecule has 1 unspecified atom stereocenters. The Bertz CT molecular complexity index is 1180. The van der Waals surface area contributed by atoms with Crippen LogP contribution in [0, 0.1) is 25.5 Å². The van der Waals surface area contributed by atoms with Gasteiger partial charge in [0.1, 0.15) is 23.9 Å². The number of hydrogen-bond acceptors (Lipinski definition) is 5. The maximum atomic E-state index is 13.9. The van der Waals surface area contributed by atoms with Gasteiger partial charge >= 0.3 is 6.18 Å². The molecule has 184 valence electrons. The first-order chi connectivity index (χ1) is 15.8. The average molecular weight is 484 g/mol. The van der Waals surface area contributed by atoms with Crippen LogP contribution in [0.25, 0.3) is 5.65 Å². The summed E-state index contributed by atoms with van der Waals surface area (Å²) >= 11 is 0. The van der Waals surface area contributed by atoms with Crippen molar-refractivity contribution >= 4 is 11.4 Å². The summed E-state index contributed by atoms with van der Waals surface area (Å²) in [5.41, 5.74) is 5.74. The summed E-state index contributed by atoms with van der Waals surface area (Å²) in [5, 5.41) is 0. The molecule has 0 amide bonds. The van der Waals surface area contributed by atoms with Crippen molar-refractivity contribution in [2.75, 3.05) is 0 Å². The highest BCUT2D eigenvalue weighted by atomic mass is 19.4. The molecule has 0 radical (unpaired) electrons. The van der Waals surface area contributed by atoms with E-state index in [0.29, 0.717) is 11.4 Å². The predicted molar refractivity (Wildman–Crippen MR) is 115 cm³/mol. The first-order valence-electron chi connectivity index (χ1n) is 10.6. The number of hydrogen-bond donors (Lipinski definition) is 1. The molecule has 34 heavy (non-hydrogen) atoms. The topological polar surface area (TPSA) is 82.5 Å². The fraction of sp³-hybridized carbons (Fsp3) is 0.435. The number of halogens is 5. The van der Waals surface area contributed by atoms with Gasteiger partial charge in [0.05, 0.1) is 17.0 Å². The van der Waals surface area contributed by atoms with Gasteiger partial charge in [-0.1, -0.05) is 6.07 Å². The van der Waals surface area contributed by atoms with Crippen molar-refractivity contribution in [1.82, 2.24) is 14.4 Å². The molecule has 0 aliphatic carbocycles. The molecule has 1 atom stereocenters. The Morgan fingerprint density at radius 1 is 1.09 bits per heavy atom. The number of carbonyl (C=O) groups is 1. The van der Waals surface area contributed by atoms with E-state index in [-0.39, 0.29) is 47.8 Å². The minimum Gasteiger partial charge on any atom is -0.470 e. The van der Waals surface area contributed by atoms with Crippen LogP contribution in [0.4, 0.5) is 22.0 Å². The third kappa shape index (κ3) is 6.07. The van der Waals surface area contributed by atoms with Crippen LogP contribution >= 0.6 is 0 Å². The van der Waals surface area contributed by atoms with E-state index in [1.54, 1.807) is 20.0 Å². The quantitative estimate of drug-likeness (QED) is 0.332. The Labute approximate surface area is 193 Å². The van der Waals surface area contributed by atoms with Crippen LogP contribution in [0.3, 0.4) is 0 Å². The van der Waals surface area contributed by atoms with Gasteiger partial charge in [-0.2, -0.15) is 13.2 Å². The molecule has 0 fully saturated rings. The lowest BCUT2D eigenvalue weighted by Crippen LogP contribution is -2.38. The first kappa shape index (κ1) is 25.5. The average Bonchev–Trinajstić information content (AvgIpc) is 3.05. The smallest absolute Gasteiger partial charge is 0.389 e. The number of aromatic nitrogens is 3. The molecule has 0 saturated carbocycles. The number of imidazole rings is 1. The number of carbonyl (C=O) groups excluding carboxylic acids is 1. The second-order valence-electron chi connectivity index (χ2n) is 8.61. The number of ether oxygens (including phenoxy) is 1. The van der Waals surface area contributed by atoms with Gasteiger partial charge in [0, 0.05) is 24.6 Å². The van der Waals surface area contributed by atoms with Crippen LogP contribution in [0.5, 0.6) is 5.88 Å². The van der Waals surface area contributed by atoms with Crippen LogP contribution in [0.15, 0.2) is 24.4 Å². The summed E-state index contributed by atoms with van der Waals surface area (Å²) in [5.74, 6) is -1.91. The highest BCUT2D eigenvalue weighted by molar-refractivity contribution is 5.96. The second kappa shape index (κ2) is 9.65. The molecule has 2 N–H and O–H groups in total. The Balaban J connectivity index is 1.82. The molecule has 2 aromatic heterocycles. The third-order valence-electron chi connectivity index (χ3n) is 5.45. The zero-order chi connectivity index (χ0) is 25.3. The summed E-state index contributed by atoms with van der Waals surface area (Å²) in [6, 6.07) is 3.46. The fourth-order valence-electron chi connectivity index (χ4n) is 3.56. The molecule has 11 heteroatoms. The van der Waals surface area contributed by atoms with Gasteiger partial charge in [0.15, 0.2) is 5.78 Å². The minimum absolute atomic E-state index is 0.0151. The van der Waals surface area contributed by atoms with Gasteiger partial charge < -0.3 is 10.5 Å². The van der Waals surface area contributed by atoms with E-state index in [1.165, 1.54) is 17.4 Å². The molecule has 6 nitrogen and oxygen atoms in total. The number of fused-ring (bicyclic) bond motifs is 1. The van der Waals surface area contributed by atoms with E-state index in [2.05, 4.69) is 9.97 Å².